The average molecular weight is 449 g/mol. The lowest BCUT2D eigenvalue weighted by atomic mass is 10.2. The van der Waals surface area contributed by atoms with Crippen molar-refractivity contribution in [3.05, 3.63) is 29.3 Å². The molecule has 0 spiro atoms. The summed E-state index contributed by atoms with van der Waals surface area (Å²) in [5, 5.41) is 11.4. The van der Waals surface area contributed by atoms with Crippen LogP contribution in [-0.2, 0) is 14.8 Å². The molecular weight excluding hydrogens is 428 g/mol. The van der Waals surface area contributed by atoms with Crippen molar-refractivity contribution in [2.75, 3.05) is 21.6 Å². The highest BCUT2D eigenvalue weighted by atomic mass is 35.5. The lowest BCUT2D eigenvalue weighted by molar-refractivity contribution is -0.116. The van der Waals surface area contributed by atoms with Crippen LogP contribution in [0.15, 0.2) is 28.6 Å². The number of amides is 1. The van der Waals surface area contributed by atoms with E-state index < -0.39 is 22.0 Å². The number of hydrogen-bond donors (Lipinski definition) is 1. The van der Waals surface area contributed by atoms with Gasteiger partial charge in [-0.2, -0.15) is 0 Å². The van der Waals surface area contributed by atoms with Gasteiger partial charge in [-0.3, -0.25) is 14.4 Å². The van der Waals surface area contributed by atoms with Crippen LogP contribution in [0.3, 0.4) is 0 Å². The smallest absolute Gasteiger partial charge is 0.249 e. The summed E-state index contributed by atoms with van der Waals surface area (Å²) in [5.74, 6) is 0.920. The summed E-state index contributed by atoms with van der Waals surface area (Å²) < 4.78 is 26.3. The van der Waals surface area contributed by atoms with Crippen LogP contribution < -0.4 is 9.62 Å². The fourth-order valence-corrected chi connectivity index (χ4v) is 5.20. The summed E-state index contributed by atoms with van der Waals surface area (Å²) in [4.78, 5) is 12.6. The Bertz CT molecular complexity index is 885. The molecule has 0 bridgehead atoms. The number of hydrogen-bond acceptors (Lipinski definition) is 7. The molecule has 0 unspecified atom stereocenters. The quantitative estimate of drug-likeness (QED) is 0.488. The van der Waals surface area contributed by atoms with Crippen molar-refractivity contribution in [2.24, 2.45) is 5.92 Å². The van der Waals surface area contributed by atoms with Crippen LogP contribution in [-0.4, -0.2) is 42.6 Å². The number of halogens is 1. The molecule has 0 fully saturated rings. The van der Waals surface area contributed by atoms with E-state index in [2.05, 4.69) is 29.4 Å². The summed E-state index contributed by atoms with van der Waals surface area (Å²) >= 11 is 8.69. The van der Waals surface area contributed by atoms with Gasteiger partial charge in [0.15, 0.2) is 4.34 Å². The number of aromatic nitrogens is 2. The zero-order valence-corrected chi connectivity index (χ0v) is 18.5. The first-order valence-electron chi connectivity index (χ1n) is 8.10. The van der Waals surface area contributed by atoms with Crippen LogP contribution in [0, 0.1) is 5.92 Å². The Hall–Kier alpha value is -1.36. The SMILES string of the molecule is CC(C)CSc1nnc(NC(=O)[C@@H](C)N(c2ccc(Cl)cc2)S(C)(=O)=O)s1. The highest BCUT2D eigenvalue weighted by Gasteiger charge is 2.29. The average Bonchev–Trinajstić information content (AvgIpc) is 3.01. The van der Waals surface area contributed by atoms with Crippen molar-refractivity contribution in [2.45, 2.75) is 31.2 Å². The minimum absolute atomic E-state index is 0.336. The molecule has 1 aromatic heterocycles. The highest BCUT2D eigenvalue weighted by Crippen LogP contribution is 2.28. The van der Waals surface area contributed by atoms with Gasteiger partial charge in [-0.1, -0.05) is 48.5 Å². The molecule has 1 amide bonds. The molecule has 7 nitrogen and oxygen atoms in total. The predicted molar refractivity (Wildman–Crippen MR) is 112 cm³/mol. The maximum atomic E-state index is 12.6. The summed E-state index contributed by atoms with van der Waals surface area (Å²) in [6, 6.07) is 5.28. The zero-order chi connectivity index (χ0) is 20.2. The Balaban J connectivity index is 2.14. The second-order valence-corrected chi connectivity index (χ2v) is 10.8. The Morgan fingerprint density at radius 3 is 2.44 bits per heavy atom. The fourth-order valence-electron chi connectivity index (χ4n) is 2.16. The van der Waals surface area contributed by atoms with Gasteiger partial charge in [0.05, 0.1) is 11.9 Å². The van der Waals surface area contributed by atoms with E-state index in [4.69, 9.17) is 11.6 Å². The van der Waals surface area contributed by atoms with Crippen LogP contribution in [0.25, 0.3) is 0 Å². The molecule has 2 rings (SSSR count). The Labute approximate surface area is 172 Å². The van der Waals surface area contributed by atoms with E-state index in [1.54, 1.807) is 36.0 Å². The number of nitrogens with one attached hydrogen (secondary N) is 1. The van der Waals surface area contributed by atoms with E-state index >= 15 is 0 Å². The molecule has 1 N–H and O–H groups in total. The van der Waals surface area contributed by atoms with E-state index in [1.165, 1.54) is 18.3 Å². The van der Waals surface area contributed by atoms with Gasteiger partial charge in [-0.05, 0) is 37.1 Å². The van der Waals surface area contributed by atoms with Gasteiger partial charge >= 0.3 is 0 Å². The van der Waals surface area contributed by atoms with E-state index in [0.29, 0.717) is 21.8 Å². The maximum absolute atomic E-state index is 12.6. The van der Waals surface area contributed by atoms with Gasteiger partial charge in [0, 0.05) is 10.8 Å². The minimum Gasteiger partial charge on any atom is -0.299 e. The van der Waals surface area contributed by atoms with Gasteiger partial charge in [0.2, 0.25) is 21.1 Å². The lowest BCUT2D eigenvalue weighted by Gasteiger charge is -2.27. The van der Waals surface area contributed by atoms with Gasteiger partial charge in [0.25, 0.3) is 0 Å². The molecule has 0 radical (unpaired) electrons. The third-order valence-corrected chi connectivity index (χ3v) is 7.24. The number of benzene rings is 1. The summed E-state index contributed by atoms with van der Waals surface area (Å²) in [7, 11) is -3.69. The molecule has 11 heteroatoms. The van der Waals surface area contributed by atoms with Crippen molar-refractivity contribution in [1.29, 1.82) is 0 Å². The molecule has 2 aromatic rings. The Kier molecular flexibility index (Phi) is 7.49. The van der Waals surface area contributed by atoms with Crippen LogP contribution >= 0.6 is 34.7 Å². The number of rotatable bonds is 8. The molecule has 1 heterocycles. The van der Waals surface area contributed by atoms with Gasteiger partial charge in [0.1, 0.15) is 6.04 Å². The molecule has 1 atom stereocenters. The molecule has 0 aliphatic rings. The monoisotopic (exact) mass is 448 g/mol. The van der Waals surface area contributed by atoms with E-state index in [-0.39, 0.29) is 0 Å². The van der Waals surface area contributed by atoms with Crippen LogP contribution in [0.4, 0.5) is 10.8 Å². The summed E-state index contributed by atoms with van der Waals surface area (Å²) in [5.41, 5.74) is 0.356. The minimum atomic E-state index is -3.69. The van der Waals surface area contributed by atoms with Crippen LogP contribution in [0.1, 0.15) is 20.8 Å². The van der Waals surface area contributed by atoms with Crippen LogP contribution in [0.2, 0.25) is 5.02 Å². The predicted octanol–water partition coefficient (Wildman–Crippen LogP) is 3.73. The van der Waals surface area contributed by atoms with Crippen LogP contribution in [0.5, 0.6) is 0 Å². The van der Waals surface area contributed by atoms with Crippen molar-refractivity contribution < 1.29 is 13.2 Å². The topological polar surface area (TPSA) is 92.3 Å². The second kappa shape index (κ2) is 9.22. The largest absolute Gasteiger partial charge is 0.299 e. The van der Waals surface area contributed by atoms with Crippen molar-refractivity contribution >= 4 is 61.4 Å². The zero-order valence-electron chi connectivity index (χ0n) is 15.3. The molecule has 148 valence electrons. The van der Waals surface area contributed by atoms with Crippen molar-refractivity contribution in [1.82, 2.24) is 10.2 Å². The molecule has 0 aliphatic heterocycles. The Morgan fingerprint density at radius 1 is 1.26 bits per heavy atom. The number of thioether (sulfide) groups is 1. The Morgan fingerprint density at radius 2 is 1.89 bits per heavy atom. The maximum Gasteiger partial charge on any atom is 0.249 e. The van der Waals surface area contributed by atoms with Crippen molar-refractivity contribution in [3.63, 3.8) is 0 Å². The number of carbonyl (C=O) groups is 1. The first-order valence-corrected chi connectivity index (χ1v) is 12.1. The van der Waals surface area contributed by atoms with Gasteiger partial charge in [-0.15, -0.1) is 10.2 Å². The second-order valence-electron chi connectivity index (χ2n) is 6.28. The number of sulfonamides is 1. The first kappa shape index (κ1) is 21.9. The molecule has 0 saturated carbocycles. The van der Waals surface area contributed by atoms with Gasteiger partial charge in [-0.25, -0.2) is 8.42 Å². The molecule has 0 aliphatic carbocycles. The number of anilines is 2. The van der Waals surface area contributed by atoms with Crippen molar-refractivity contribution in [3.8, 4) is 0 Å². The summed E-state index contributed by atoms with van der Waals surface area (Å²) in [6.07, 6.45) is 1.05. The fraction of sp³-hybridized carbons (Fsp3) is 0.438. The van der Waals surface area contributed by atoms with E-state index in [1.807, 2.05) is 0 Å². The molecule has 27 heavy (non-hydrogen) atoms. The summed E-state index contributed by atoms with van der Waals surface area (Å²) in [6.45, 7) is 5.73. The number of carbonyl (C=O) groups excluding carboxylic acids is 1. The normalized spacial score (nSPS) is 12.8. The van der Waals surface area contributed by atoms with Gasteiger partial charge < -0.3 is 0 Å². The lowest BCUT2D eigenvalue weighted by Crippen LogP contribution is -2.45. The van der Waals surface area contributed by atoms with E-state index in [9.17, 15) is 13.2 Å². The first-order chi connectivity index (χ1) is 12.6. The molecule has 0 saturated heterocycles. The highest BCUT2D eigenvalue weighted by molar-refractivity contribution is 8.01. The standard InChI is InChI=1S/C16H21ClN4O3S3/c1-10(2)9-25-16-20-19-15(26-16)18-14(22)11(3)21(27(4,23)24)13-7-5-12(17)6-8-13/h5-8,10-11H,9H2,1-4H3,(H,18,19,22)/t11-/m1/s1. The third-order valence-electron chi connectivity index (χ3n) is 3.35. The van der Waals surface area contributed by atoms with E-state index in [0.717, 1.165) is 20.7 Å². The third kappa shape index (κ3) is 6.34. The number of nitrogens with zero attached hydrogens (tertiary/aromatic N) is 3. The molecular formula is C16H21ClN4O3S3. The molecule has 1 aromatic carbocycles.